The molecule has 1 aliphatic heterocycles. The van der Waals surface area contributed by atoms with Crippen LogP contribution in [-0.4, -0.2) is 61.6 Å². The van der Waals surface area contributed by atoms with Gasteiger partial charge in [0.25, 0.3) is 5.91 Å². The van der Waals surface area contributed by atoms with Crippen LogP contribution >= 0.6 is 11.8 Å². The summed E-state index contributed by atoms with van der Waals surface area (Å²) in [6, 6.07) is 13.4. The van der Waals surface area contributed by atoms with E-state index in [1.807, 2.05) is 59.1 Å². The van der Waals surface area contributed by atoms with Crippen LogP contribution in [0.2, 0.25) is 0 Å². The maximum absolute atomic E-state index is 13.0. The van der Waals surface area contributed by atoms with Crippen LogP contribution in [0.25, 0.3) is 11.4 Å². The van der Waals surface area contributed by atoms with Gasteiger partial charge in [-0.25, -0.2) is 4.98 Å². The Morgan fingerprint density at radius 2 is 1.91 bits per heavy atom. The van der Waals surface area contributed by atoms with E-state index in [4.69, 9.17) is 8.94 Å². The summed E-state index contributed by atoms with van der Waals surface area (Å²) in [6.45, 7) is 4.72. The lowest BCUT2D eigenvalue weighted by molar-refractivity contribution is 0.0523. The molecule has 1 amide bonds. The Bertz CT molecular complexity index is 1240. The maximum Gasteiger partial charge on any atom is 0.289 e. The molecule has 0 N–H and O–H groups in total. The second kappa shape index (κ2) is 9.86. The van der Waals surface area contributed by atoms with Crippen molar-refractivity contribution in [3.8, 4) is 11.4 Å². The van der Waals surface area contributed by atoms with Crippen LogP contribution in [0.4, 0.5) is 0 Å². The third-order valence-corrected chi connectivity index (χ3v) is 7.05. The Labute approximate surface area is 201 Å². The number of amides is 1. The van der Waals surface area contributed by atoms with Gasteiger partial charge in [0.1, 0.15) is 5.76 Å². The summed E-state index contributed by atoms with van der Waals surface area (Å²) in [5.41, 5.74) is 0.927. The molecule has 0 radical (unpaired) electrons. The van der Waals surface area contributed by atoms with Gasteiger partial charge in [0.05, 0.1) is 11.8 Å². The summed E-state index contributed by atoms with van der Waals surface area (Å²) in [6.07, 6.45) is 3.67. The van der Waals surface area contributed by atoms with Crippen molar-refractivity contribution in [2.45, 2.75) is 23.9 Å². The molecule has 3 aromatic heterocycles. The number of imidazole rings is 1. The molecule has 4 heterocycles. The molecule has 1 fully saturated rings. The molecule has 0 aliphatic carbocycles. The normalized spacial score (nSPS) is 15.5. The van der Waals surface area contributed by atoms with Crippen LogP contribution in [0.5, 0.6) is 0 Å². The predicted molar refractivity (Wildman–Crippen MR) is 127 cm³/mol. The van der Waals surface area contributed by atoms with Gasteiger partial charge in [0.2, 0.25) is 11.7 Å². The van der Waals surface area contributed by atoms with Crippen molar-refractivity contribution in [3.63, 3.8) is 0 Å². The Hall–Kier alpha value is -3.37. The van der Waals surface area contributed by atoms with E-state index < -0.39 is 0 Å². The van der Waals surface area contributed by atoms with Crippen LogP contribution < -0.4 is 0 Å². The Kier molecular flexibility index (Phi) is 6.50. The first kappa shape index (κ1) is 22.4. The van der Waals surface area contributed by atoms with Crippen LogP contribution in [-0.2, 0) is 12.8 Å². The van der Waals surface area contributed by atoms with E-state index in [1.165, 1.54) is 0 Å². The molecule has 1 unspecified atom stereocenters. The first-order chi connectivity index (χ1) is 16.6. The third kappa shape index (κ3) is 4.78. The van der Waals surface area contributed by atoms with Gasteiger partial charge < -0.3 is 18.4 Å². The van der Waals surface area contributed by atoms with Crippen LogP contribution in [0.15, 0.2) is 69.0 Å². The number of hydrogen-bond donors (Lipinski definition) is 0. The molecular weight excluding hydrogens is 452 g/mol. The van der Waals surface area contributed by atoms with Gasteiger partial charge in [-0.15, -0.1) is 0 Å². The second-order valence-electron chi connectivity index (χ2n) is 8.20. The van der Waals surface area contributed by atoms with E-state index in [1.54, 1.807) is 24.0 Å². The zero-order valence-electron chi connectivity index (χ0n) is 19.1. The van der Waals surface area contributed by atoms with Crippen molar-refractivity contribution in [3.05, 3.63) is 72.3 Å². The average molecular weight is 479 g/mol. The number of aromatic nitrogens is 4. The third-order valence-electron chi connectivity index (χ3n) is 5.97. The lowest BCUT2D eigenvalue weighted by Gasteiger charge is -2.36. The van der Waals surface area contributed by atoms with E-state index in [0.717, 1.165) is 29.6 Å². The van der Waals surface area contributed by atoms with Gasteiger partial charge in [-0.2, -0.15) is 4.98 Å². The van der Waals surface area contributed by atoms with Crippen molar-refractivity contribution in [2.75, 3.05) is 26.2 Å². The fourth-order valence-corrected chi connectivity index (χ4v) is 4.76. The molecule has 4 aromatic rings. The maximum atomic E-state index is 13.0. The van der Waals surface area contributed by atoms with Gasteiger partial charge in [0, 0.05) is 51.2 Å². The number of piperazine rings is 1. The smallest absolute Gasteiger partial charge is 0.289 e. The predicted octanol–water partition coefficient (Wildman–Crippen LogP) is 3.87. The van der Waals surface area contributed by atoms with Gasteiger partial charge in [-0.1, -0.05) is 47.3 Å². The first-order valence-electron chi connectivity index (χ1n) is 11.2. The van der Waals surface area contributed by atoms with E-state index in [9.17, 15) is 4.79 Å². The summed E-state index contributed by atoms with van der Waals surface area (Å²) in [5.74, 6) is 2.85. The standard InChI is InChI=1S/C24H26N6O3S/c1-17(22-26-21(27-33-22)18-6-4-3-5-7-18)29-12-14-30(15-13-29)23(31)20-9-8-19(32-20)16-34-24-25-10-11-28(24)2/h3-11,17H,12-16H2,1-2H3. The molecule has 9 nitrogen and oxygen atoms in total. The van der Waals surface area contributed by atoms with Crippen LogP contribution in [0.1, 0.15) is 35.2 Å². The van der Waals surface area contributed by atoms with Gasteiger partial charge in [0.15, 0.2) is 10.9 Å². The molecule has 1 aliphatic rings. The summed E-state index contributed by atoms with van der Waals surface area (Å²) < 4.78 is 13.3. The highest BCUT2D eigenvalue weighted by molar-refractivity contribution is 7.98. The molecule has 5 rings (SSSR count). The molecule has 1 saturated heterocycles. The summed E-state index contributed by atoms with van der Waals surface area (Å²) >= 11 is 1.58. The number of aryl methyl sites for hydroxylation is 1. The Morgan fingerprint density at radius 1 is 1.12 bits per heavy atom. The minimum Gasteiger partial charge on any atom is -0.455 e. The van der Waals surface area contributed by atoms with Gasteiger partial charge in [-0.3, -0.25) is 9.69 Å². The van der Waals surface area contributed by atoms with Crippen LogP contribution in [0, 0.1) is 0 Å². The highest BCUT2D eigenvalue weighted by Gasteiger charge is 2.29. The molecule has 1 atom stereocenters. The van der Waals surface area contributed by atoms with Crippen LogP contribution in [0.3, 0.4) is 0 Å². The lowest BCUT2D eigenvalue weighted by Crippen LogP contribution is -2.49. The largest absolute Gasteiger partial charge is 0.455 e. The number of rotatable bonds is 7. The van der Waals surface area contributed by atoms with Crippen molar-refractivity contribution in [1.29, 1.82) is 0 Å². The van der Waals surface area contributed by atoms with Gasteiger partial charge >= 0.3 is 0 Å². The Balaban J connectivity index is 1.15. The molecule has 10 heteroatoms. The minimum atomic E-state index is -0.0790. The molecular formula is C24H26N6O3S. The fraction of sp³-hybridized carbons (Fsp3) is 0.333. The number of carbonyl (C=O) groups is 1. The monoisotopic (exact) mass is 478 g/mol. The zero-order chi connectivity index (χ0) is 23.5. The first-order valence-corrected chi connectivity index (χ1v) is 12.2. The molecule has 0 bridgehead atoms. The quantitative estimate of drug-likeness (QED) is 0.370. The van der Waals surface area contributed by atoms with Crippen molar-refractivity contribution in [1.82, 2.24) is 29.5 Å². The highest BCUT2D eigenvalue weighted by Crippen LogP contribution is 2.25. The second-order valence-corrected chi connectivity index (χ2v) is 9.14. The molecule has 1 aromatic carbocycles. The topological polar surface area (TPSA) is 93.4 Å². The highest BCUT2D eigenvalue weighted by atomic mass is 32.2. The zero-order valence-corrected chi connectivity index (χ0v) is 19.9. The number of carbonyl (C=O) groups excluding carboxylic acids is 1. The fourth-order valence-electron chi connectivity index (χ4n) is 3.93. The van der Waals surface area contributed by atoms with Crippen molar-refractivity contribution in [2.24, 2.45) is 7.05 Å². The molecule has 176 valence electrons. The van der Waals surface area contributed by atoms with E-state index in [2.05, 4.69) is 26.9 Å². The van der Waals surface area contributed by atoms with E-state index >= 15 is 0 Å². The number of hydrogen-bond acceptors (Lipinski definition) is 8. The number of benzene rings is 1. The number of thioether (sulfide) groups is 1. The lowest BCUT2D eigenvalue weighted by atomic mass is 10.2. The van der Waals surface area contributed by atoms with Crippen molar-refractivity contribution < 1.29 is 13.7 Å². The molecule has 0 saturated carbocycles. The number of nitrogens with zero attached hydrogens (tertiary/aromatic N) is 6. The van der Waals surface area contributed by atoms with Crippen molar-refractivity contribution >= 4 is 17.7 Å². The average Bonchev–Trinajstić information content (AvgIpc) is 3.64. The van der Waals surface area contributed by atoms with E-state index in [0.29, 0.717) is 36.3 Å². The SMILES string of the molecule is CC(c1nc(-c2ccccc2)no1)N1CCN(C(=O)c2ccc(CSc3nccn3C)o2)CC1. The summed E-state index contributed by atoms with van der Waals surface area (Å²) in [5, 5.41) is 5.04. The number of furan rings is 1. The summed E-state index contributed by atoms with van der Waals surface area (Å²) in [7, 11) is 1.95. The Morgan fingerprint density at radius 3 is 2.65 bits per heavy atom. The minimum absolute atomic E-state index is 0.0272. The molecule has 34 heavy (non-hydrogen) atoms. The van der Waals surface area contributed by atoms with E-state index in [-0.39, 0.29) is 11.9 Å². The van der Waals surface area contributed by atoms with Gasteiger partial charge in [-0.05, 0) is 19.1 Å². The summed E-state index contributed by atoms with van der Waals surface area (Å²) in [4.78, 5) is 25.9. The molecule has 0 spiro atoms.